The molecule has 1 aliphatic carbocycles. The molecule has 0 bridgehead atoms. The summed E-state index contributed by atoms with van der Waals surface area (Å²) in [5.41, 5.74) is 1.19. The molecular weight excluding hydrogens is 336 g/mol. The van der Waals surface area contributed by atoms with Crippen LogP contribution in [-0.2, 0) is 9.59 Å². The van der Waals surface area contributed by atoms with Crippen LogP contribution in [0.2, 0.25) is 0 Å². The molecule has 2 amide bonds. The van der Waals surface area contributed by atoms with Crippen molar-refractivity contribution in [1.29, 1.82) is 0 Å². The van der Waals surface area contributed by atoms with Crippen LogP contribution in [0.3, 0.4) is 0 Å². The highest BCUT2D eigenvalue weighted by Gasteiger charge is 2.29. The lowest BCUT2D eigenvalue weighted by Gasteiger charge is -2.27. The predicted molar refractivity (Wildman–Crippen MR) is 95.9 cm³/mol. The van der Waals surface area contributed by atoms with Crippen LogP contribution in [0.5, 0.6) is 0 Å². The van der Waals surface area contributed by atoms with Crippen molar-refractivity contribution < 1.29 is 19.5 Å². The number of nitrogens with one attached hydrogen (secondary N) is 1. The van der Waals surface area contributed by atoms with Crippen LogP contribution in [0.25, 0.3) is 0 Å². The van der Waals surface area contributed by atoms with Gasteiger partial charge in [-0.2, -0.15) is 5.10 Å². The number of hydrogen-bond acceptors (Lipinski definition) is 4. The van der Waals surface area contributed by atoms with Crippen molar-refractivity contribution in [3.8, 4) is 0 Å². The first-order valence-corrected chi connectivity index (χ1v) is 9.15. The molecule has 1 aliphatic rings. The molecule has 0 aliphatic heterocycles. The molecule has 2 rings (SSSR count). The van der Waals surface area contributed by atoms with Crippen LogP contribution in [0, 0.1) is 6.92 Å². The second-order valence-electron chi connectivity index (χ2n) is 6.88. The lowest BCUT2D eigenvalue weighted by Crippen LogP contribution is -2.46. The summed E-state index contributed by atoms with van der Waals surface area (Å²) in [4.78, 5) is 36.7. The second kappa shape index (κ2) is 8.82. The predicted octanol–water partition coefficient (Wildman–Crippen LogP) is 1.75. The van der Waals surface area contributed by atoms with Gasteiger partial charge in [-0.05, 0) is 26.7 Å². The Bertz CT molecular complexity index is 664. The lowest BCUT2D eigenvalue weighted by atomic mass is 9.95. The fraction of sp³-hybridized carbons (Fsp3) is 0.667. The number of hydrogen-bond donors (Lipinski definition) is 2. The summed E-state index contributed by atoms with van der Waals surface area (Å²) in [7, 11) is 0. The Kier molecular flexibility index (Phi) is 6.76. The average molecular weight is 364 g/mol. The zero-order valence-electron chi connectivity index (χ0n) is 15.7. The third-order valence-electron chi connectivity index (χ3n) is 5.01. The number of aromatic nitrogens is 2. The van der Waals surface area contributed by atoms with Crippen molar-refractivity contribution in [1.82, 2.24) is 20.0 Å². The fourth-order valence-electron chi connectivity index (χ4n) is 3.44. The van der Waals surface area contributed by atoms with Crippen molar-refractivity contribution >= 4 is 17.8 Å². The maximum absolute atomic E-state index is 13.0. The highest BCUT2D eigenvalue weighted by atomic mass is 16.4. The Morgan fingerprint density at radius 3 is 2.58 bits per heavy atom. The molecule has 0 radical (unpaired) electrons. The molecule has 8 nitrogen and oxygen atoms in total. The Balaban J connectivity index is 2.19. The molecule has 1 aromatic heterocycles. The highest BCUT2D eigenvalue weighted by Crippen LogP contribution is 2.29. The quantitative estimate of drug-likeness (QED) is 0.767. The van der Waals surface area contributed by atoms with Crippen LogP contribution < -0.4 is 5.32 Å². The number of nitrogens with zero attached hydrogens (tertiary/aromatic N) is 3. The van der Waals surface area contributed by atoms with Gasteiger partial charge < -0.3 is 15.3 Å². The van der Waals surface area contributed by atoms with Gasteiger partial charge in [-0.25, -0.2) is 4.79 Å². The summed E-state index contributed by atoms with van der Waals surface area (Å²) in [6.45, 7) is 5.03. The van der Waals surface area contributed by atoms with Gasteiger partial charge in [0.2, 0.25) is 5.91 Å². The molecule has 0 aromatic carbocycles. The Hall–Kier alpha value is -2.38. The lowest BCUT2D eigenvalue weighted by molar-refractivity contribution is -0.141. The van der Waals surface area contributed by atoms with E-state index in [-0.39, 0.29) is 24.9 Å². The smallest absolute Gasteiger partial charge is 0.326 e. The summed E-state index contributed by atoms with van der Waals surface area (Å²) in [5.74, 6) is -1.68. The summed E-state index contributed by atoms with van der Waals surface area (Å²) in [5, 5.41) is 16.3. The zero-order chi connectivity index (χ0) is 19.3. The van der Waals surface area contributed by atoms with E-state index >= 15 is 0 Å². The number of carboxylic acids is 1. The van der Waals surface area contributed by atoms with Crippen LogP contribution >= 0.6 is 0 Å². The molecule has 1 saturated carbocycles. The molecule has 1 atom stereocenters. The normalized spacial score (nSPS) is 16.1. The van der Waals surface area contributed by atoms with E-state index in [1.165, 1.54) is 31.4 Å². The summed E-state index contributed by atoms with van der Waals surface area (Å²) in [6.07, 6.45) is 7.18. The van der Waals surface area contributed by atoms with E-state index in [0.717, 1.165) is 31.4 Å². The minimum absolute atomic E-state index is 0.125. The first-order valence-electron chi connectivity index (χ1n) is 9.15. The minimum atomic E-state index is -1.08. The third kappa shape index (κ3) is 4.62. The monoisotopic (exact) mass is 364 g/mol. The molecule has 8 heteroatoms. The van der Waals surface area contributed by atoms with Crippen LogP contribution in [0.15, 0.2) is 6.20 Å². The maximum Gasteiger partial charge on any atom is 0.326 e. The van der Waals surface area contributed by atoms with Crippen LogP contribution in [-0.4, -0.2) is 56.7 Å². The first kappa shape index (κ1) is 19.9. The van der Waals surface area contributed by atoms with Gasteiger partial charge in [0.15, 0.2) is 0 Å². The van der Waals surface area contributed by atoms with Crippen molar-refractivity contribution in [3.63, 3.8) is 0 Å². The summed E-state index contributed by atoms with van der Waals surface area (Å²) >= 11 is 0. The van der Waals surface area contributed by atoms with Crippen molar-refractivity contribution in [3.05, 3.63) is 17.5 Å². The van der Waals surface area contributed by atoms with Gasteiger partial charge in [0, 0.05) is 25.7 Å². The van der Waals surface area contributed by atoms with Crippen LogP contribution in [0.1, 0.15) is 68.0 Å². The molecule has 1 heterocycles. The van der Waals surface area contributed by atoms with Gasteiger partial charge in [-0.15, -0.1) is 0 Å². The van der Waals surface area contributed by atoms with Crippen molar-refractivity contribution in [2.75, 3.05) is 13.1 Å². The fourth-order valence-corrected chi connectivity index (χ4v) is 3.44. The highest BCUT2D eigenvalue weighted by molar-refractivity contribution is 5.97. The molecular formula is C18H28N4O4. The van der Waals surface area contributed by atoms with Gasteiger partial charge in [0.05, 0.1) is 17.8 Å². The van der Waals surface area contributed by atoms with Gasteiger partial charge in [-0.3, -0.25) is 14.3 Å². The van der Waals surface area contributed by atoms with Crippen LogP contribution in [0.4, 0.5) is 0 Å². The minimum Gasteiger partial charge on any atom is -0.480 e. The zero-order valence-corrected chi connectivity index (χ0v) is 15.7. The molecule has 2 N–H and O–H groups in total. The second-order valence-corrected chi connectivity index (χ2v) is 6.88. The van der Waals surface area contributed by atoms with Gasteiger partial charge >= 0.3 is 5.97 Å². The van der Waals surface area contributed by atoms with E-state index in [1.54, 1.807) is 0 Å². The number of rotatable bonds is 7. The van der Waals surface area contributed by atoms with Gasteiger partial charge in [0.1, 0.15) is 6.04 Å². The van der Waals surface area contributed by atoms with E-state index in [9.17, 15) is 19.5 Å². The number of carbonyl (C=O) groups excluding carboxylic acids is 2. The topological polar surface area (TPSA) is 105 Å². The number of carboxylic acid groups (broad SMARTS) is 1. The maximum atomic E-state index is 13.0. The largest absolute Gasteiger partial charge is 0.480 e. The molecule has 0 saturated heterocycles. The Morgan fingerprint density at radius 1 is 1.35 bits per heavy atom. The standard InChI is InChI=1S/C18H28N4O4/c1-12-16(11-20-22(12)15-7-5-4-6-8-15)17(24)21(13(2)18(25)26)10-9-19-14(3)23/h11,13,15H,4-10H2,1-3H3,(H,19,23)(H,25,26). The molecule has 1 unspecified atom stereocenters. The number of amides is 2. The third-order valence-corrected chi connectivity index (χ3v) is 5.01. The van der Waals surface area contributed by atoms with Gasteiger partial charge in [-0.1, -0.05) is 19.3 Å². The van der Waals surface area contributed by atoms with Gasteiger partial charge in [0.25, 0.3) is 5.91 Å². The summed E-state index contributed by atoms with van der Waals surface area (Å²) in [6, 6.07) is -0.691. The average Bonchev–Trinajstić information content (AvgIpc) is 2.99. The number of carbonyl (C=O) groups is 3. The molecule has 144 valence electrons. The van der Waals surface area contributed by atoms with E-state index in [4.69, 9.17) is 0 Å². The number of aliphatic carboxylic acids is 1. The van der Waals surface area contributed by atoms with E-state index in [0.29, 0.717) is 11.6 Å². The SMILES string of the molecule is CC(=O)NCCN(C(=O)c1cnn(C2CCCCC2)c1C)C(C)C(=O)O. The first-order chi connectivity index (χ1) is 12.3. The Labute approximate surface area is 153 Å². The molecule has 0 spiro atoms. The molecule has 26 heavy (non-hydrogen) atoms. The van der Waals surface area contributed by atoms with E-state index < -0.39 is 12.0 Å². The van der Waals surface area contributed by atoms with Crippen molar-refractivity contribution in [2.45, 2.75) is 65.0 Å². The Morgan fingerprint density at radius 2 is 2.00 bits per heavy atom. The molecule has 1 fully saturated rings. The van der Waals surface area contributed by atoms with Crippen molar-refractivity contribution in [2.24, 2.45) is 0 Å². The molecule has 1 aromatic rings. The van der Waals surface area contributed by atoms with E-state index in [1.807, 2.05) is 11.6 Å². The summed E-state index contributed by atoms with van der Waals surface area (Å²) < 4.78 is 1.91. The van der Waals surface area contributed by atoms with E-state index in [2.05, 4.69) is 10.4 Å².